The van der Waals surface area contributed by atoms with E-state index >= 15 is 0 Å². The lowest BCUT2D eigenvalue weighted by Crippen LogP contribution is -2.54. The average molecular weight is 399 g/mol. The van der Waals surface area contributed by atoms with Gasteiger partial charge in [-0.1, -0.05) is 92.7 Å². The van der Waals surface area contributed by atoms with Crippen LogP contribution in [0.1, 0.15) is 63.1 Å². The molecule has 0 radical (unpaired) electrons. The number of Topliss-reactive ketones (excluding diaryl/α,β-unsaturated/α-hetero) is 2. The van der Waals surface area contributed by atoms with E-state index in [0.29, 0.717) is 11.1 Å². The molecule has 0 fully saturated rings. The topological polar surface area (TPSA) is 77.3 Å². The highest BCUT2D eigenvalue weighted by Gasteiger charge is 2.68. The van der Waals surface area contributed by atoms with E-state index in [2.05, 4.69) is 13.8 Å². The molecule has 1 atom stereocenters. The van der Waals surface area contributed by atoms with Crippen molar-refractivity contribution in [3.8, 4) is 0 Å². The summed E-state index contributed by atoms with van der Waals surface area (Å²) in [4.78, 5) is 38.8. The summed E-state index contributed by atoms with van der Waals surface area (Å²) < 4.78 is 0. The molecule has 0 bridgehead atoms. The van der Waals surface area contributed by atoms with Crippen molar-refractivity contribution < 1.29 is 14.5 Å². The fraction of sp³-hybridized carbons (Fsp3) is 0.200. The summed E-state index contributed by atoms with van der Waals surface area (Å²) in [5.74, 6) is -2.26. The Morgan fingerprint density at radius 3 is 1.60 bits per heavy atom. The average Bonchev–Trinajstić information content (AvgIpc) is 2.98. The highest BCUT2D eigenvalue weighted by Crippen LogP contribution is 2.46. The molecule has 30 heavy (non-hydrogen) atoms. The minimum atomic E-state index is -2.43. The van der Waals surface area contributed by atoms with E-state index in [1.807, 2.05) is 12.1 Å². The van der Waals surface area contributed by atoms with Gasteiger partial charge in [0.25, 0.3) is 0 Å². The minimum Gasteiger partial charge on any atom is -0.285 e. The van der Waals surface area contributed by atoms with E-state index in [0.717, 1.165) is 5.56 Å². The lowest BCUT2D eigenvalue weighted by molar-refractivity contribution is -0.532. The van der Waals surface area contributed by atoms with Crippen molar-refractivity contribution in [2.24, 2.45) is 0 Å². The molecule has 0 spiro atoms. The Balaban J connectivity index is 1.99. The summed E-state index contributed by atoms with van der Waals surface area (Å²) in [7, 11) is 0. The molecule has 0 N–H and O–H groups in total. The number of nitrogens with zero attached hydrogens (tertiary/aromatic N) is 1. The first kappa shape index (κ1) is 19.7. The standard InChI is InChI=1S/C25H21NO4/c1-16(2)17-12-14-19(15-13-17)22(18-8-4-3-5-9-18)25(26(29)30)23(27)20-10-6-7-11-21(20)24(25)28/h3-16,22H,1-2H3. The zero-order valence-corrected chi connectivity index (χ0v) is 16.7. The second kappa shape index (κ2) is 7.34. The molecule has 0 saturated heterocycles. The molecule has 0 aliphatic heterocycles. The van der Waals surface area contributed by atoms with Gasteiger partial charge in [-0.2, -0.15) is 0 Å². The number of rotatable bonds is 5. The minimum absolute atomic E-state index is 0.110. The Hall–Kier alpha value is -3.60. The Labute approximate surface area is 174 Å². The molecule has 0 saturated carbocycles. The second-order valence-electron chi connectivity index (χ2n) is 7.89. The summed E-state index contributed by atoms with van der Waals surface area (Å²) in [5.41, 5.74) is -0.00607. The van der Waals surface area contributed by atoms with Crippen molar-refractivity contribution >= 4 is 11.6 Å². The number of fused-ring (bicyclic) bond motifs is 1. The number of carbonyl (C=O) groups excluding carboxylic acids is 2. The van der Waals surface area contributed by atoms with Crippen LogP contribution in [0, 0.1) is 10.1 Å². The normalized spacial score (nSPS) is 15.8. The van der Waals surface area contributed by atoms with Crippen molar-refractivity contribution in [3.05, 3.63) is 117 Å². The van der Waals surface area contributed by atoms with Crippen molar-refractivity contribution in [2.45, 2.75) is 31.2 Å². The molecule has 1 unspecified atom stereocenters. The third-order valence-corrected chi connectivity index (χ3v) is 5.88. The molecule has 0 amide bonds. The first-order chi connectivity index (χ1) is 14.4. The molecular weight excluding hydrogens is 378 g/mol. The van der Waals surface area contributed by atoms with Crippen molar-refractivity contribution in [3.63, 3.8) is 0 Å². The van der Waals surface area contributed by atoms with Crippen molar-refractivity contribution in [1.29, 1.82) is 0 Å². The molecule has 3 aromatic rings. The molecule has 3 aromatic carbocycles. The van der Waals surface area contributed by atoms with Gasteiger partial charge >= 0.3 is 5.54 Å². The highest BCUT2D eigenvalue weighted by atomic mass is 16.6. The molecule has 0 heterocycles. The SMILES string of the molecule is CC(C)c1ccc(C(c2ccccc2)C2([N+](=O)[O-])C(=O)c3ccccc3C2=O)cc1. The van der Waals surface area contributed by atoms with Crippen molar-refractivity contribution in [2.75, 3.05) is 0 Å². The molecule has 4 rings (SSSR count). The molecular formula is C25H21NO4. The number of hydrogen-bond donors (Lipinski definition) is 0. The first-order valence-electron chi connectivity index (χ1n) is 9.87. The number of ketones is 2. The van der Waals surface area contributed by atoms with Gasteiger partial charge in [0.1, 0.15) is 0 Å². The quantitative estimate of drug-likeness (QED) is 0.342. The van der Waals surface area contributed by atoms with Gasteiger partial charge in [-0.3, -0.25) is 19.7 Å². The van der Waals surface area contributed by atoms with Crippen LogP contribution in [0.2, 0.25) is 0 Å². The van der Waals surface area contributed by atoms with Crippen LogP contribution in [0.5, 0.6) is 0 Å². The molecule has 5 nitrogen and oxygen atoms in total. The van der Waals surface area contributed by atoms with Gasteiger partial charge in [-0.25, -0.2) is 0 Å². The lowest BCUT2D eigenvalue weighted by atomic mass is 9.72. The van der Waals surface area contributed by atoms with Gasteiger partial charge < -0.3 is 0 Å². The van der Waals surface area contributed by atoms with Crippen LogP contribution < -0.4 is 0 Å². The molecule has 5 heteroatoms. The second-order valence-corrected chi connectivity index (χ2v) is 7.89. The molecule has 0 aromatic heterocycles. The first-order valence-corrected chi connectivity index (χ1v) is 9.87. The predicted molar refractivity (Wildman–Crippen MR) is 114 cm³/mol. The summed E-state index contributed by atoms with van der Waals surface area (Å²) in [6.45, 7) is 4.12. The summed E-state index contributed by atoms with van der Waals surface area (Å²) >= 11 is 0. The van der Waals surface area contributed by atoms with Crippen LogP contribution >= 0.6 is 0 Å². The van der Waals surface area contributed by atoms with Gasteiger partial charge in [0.2, 0.25) is 11.6 Å². The number of benzene rings is 3. The van der Waals surface area contributed by atoms with Gasteiger partial charge in [0.15, 0.2) is 0 Å². The Kier molecular flexibility index (Phi) is 4.82. The maximum absolute atomic E-state index is 13.5. The number of nitro groups is 1. The van der Waals surface area contributed by atoms with Gasteiger partial charge in [-0.05, 0) is 22.6 Å². The predicted octanol–water partition coefficient (Wildman–Crippen LogP) is 5.04. The number of hydrogen-bond acceptors (Lipinski definition) is 4. The maximum atomic E-state index is 13.5. The Morgan fingerprint density at radius 1 is 0.700 bits per heavy atom. The Bertz CT molecular complexity index is 1100. The Morgan fingerprint density at radius 2 is 1.13 bits per heavy atom. The van der Waals surface area contributed by atoms with Crippen LogP contribution in [0.15, 0.2) is 78.9 Å². The van der Waals surface area contributed by atoms with E-state index in [-0.39, 0.29) is 17.0 Å². The van der Waals surface area contributed by atoms with Crippen LogP contribution in [0.25, 0.3) is 0 Å². The molecule has 1 aliphatic carbocycles. The highest BCUT2D eigenvalue weighted by molar-refractivity contribution is 6.32. The van der Waals surface area contributed by atoms with Gasteiger partial charge in [0.05, 0.1) is 5.92 Å². The fourth-order valence-electron chi connectivity index (χ4n) is 4.32. The van der Waals surface area contributed by atoms with Gasteiger partial charge in [-0.15, -0.1) is 0 Å². The molecule has 150 valence electrons. The van der Waals surface area contributed by atoms with Crippen LogP contribution in [-0.2, 0) is 0 Å². The van der Waals surface area contributed by atoms with Crippen molar-refractivity contribution in [1.82, 2.24) is 0 Å². The van der Waals surface area contributed by atoms with E-state index in [1.165, 1.54) is 12.1 Å². The van der Waals surface area contributed by atoms with E-state index < -0.39 is 27.9 Å². The largest absolute Gasteiger partial charge is 0.355 e. The summed E-state index contributed by atoms with van der Waals surface area (Å²) in [6.07, 6.45) is 0. The number of carbonyl (C=O) groups is 2. The van der Waals surface area contributed by atoms with Crippen LogP contribution in [0.4, 0.5) is 0 Å². The monoisotopic (exact) mass is 399 g/mol. The molecule has 1 aliphatic rings. The third-order valence-electron chi connectivity index (χ3n) is 5.88. The van der Waals surface area contributed by atoms with Crippen LogP contribution in [0.3, 0.4) is 0 Å². The van der Waals surface area contributed by atoms with E-state index in [1.54, 1.807) is 54.6 Å². The fourth-order valence-corrected chi connectivity index (χ4v) is 4.32. The lowest BCUT2D eigenvalue weighted by Gasteiger charge is -2.28. The smallest absolute Gasteiger partial charge is 0.285 e. The zero-order chi connectivity index (χ0) is 21.5. The summed E-state index contributed by atoms with van der Waals surface area (Å²) in [5, 5.41) is 12.5. The summed E-state index contributed by atoms with van der Waals surface area (Å²) in [6, 6.07) is 22.4. The third kappa shape index (κ3) is 2.77. The maximum Gasteiger partial charge on any atom is 0.355 e. The van der Waals surface area contributed by atoms with E-state index in [9.17, 15) is 19.7 Å². The zero-order valence-electron chi connectivity index (χ0n) is 16.7. The van der Waals surface area contributed by atoms with Crippen LogP contribution in [-0.4, -0.2) is 22.0 Å². The van der Waals surface area contributed by atoms with E-state index in [4.69, 9.17) is 0 Å². The van der Waals surface area contributed by atoms with Gasteiger partial charge in [0, 0.05) is 16.1 Å².